The first-order valence-electron chi connectivity index (χ1n) is 4.88. The average Bonchev–Trinajstić information content (AvgIpc) is 2.77. The fraction of sp³-hybridized carbons (Fsp3) is 0.778. The Balaban J connectivity index is 1.91. The van der Waals surface area contributed by atoms with Gasteiger partial charge in [0.05, 0.1) is 0 Å². The molecule has 1 aromatic heterocycles. The fourth-order valence-corrected chi connectivity index (χ4v) is 2.95. The fourth-order valence-electron chi connectivity index (χ4n) is 2.95. The normalized spacial score (nSPS) is 37.1. The Morgan fingerprint density at radius 2 is 2.31 bits per heavy atom. The maximum atomic E-state index is 10.8. The molecular formula is C9H12N2O2. The summed E-state index contributed by atoms with van der Waals surface area (Å²) in [6.45, 7) is 0. The van der Waals surface area contributed by atoms with Gasteiger partial charge in [-0.2, -0.15) is 0 Å². The highest BCUT2D eigenvalue weighted by atomic mass is 16.4. The molecule has 0 amide bonds. The predicted molar refractivity (Wildman–Crippen MR) is 45.3 cm³/mol. The van der Waals surface area contributed by atoms with Crippen LogP contribution in [0.4, 0.5) is 0 Å². The van der Waals surface area contributed by atoms with E-state index in [1.54, 1.807) is 0 Å². The zero-order valence-electron chi connectivity index (χ0n) is 7.32. The molecule has 13 heavy (non-hydrogen) atoms. The van der Waals surface area contributed by atoms with Gasteiger partial charge < -0.3 is 4.42 Å². The molecule has 3 unspecified atom stereocenters. The Morgan fingerprint density at radius 3 is 2.85 bits per heavy atom. The maximum Gasteiger partial charge on any atom is 0.434 e. The number of H-pyrrole nitrogens is 1. The second-order valence-electron chi connectivity index (χ2n) is 4.23. The van der Waals surface area contributed by atoms with E-state index < -0.39 is 5.76 Å². The number of rotatable bonds is 1. The van der Waals surface area contributed by atoms with E-state index in [0.717, 1.165) is 11.8 Å². The van der Waals surface area contributed by atoms with Crippen molar-refractivity contribution < 1.29 is 4.42 Å². The van der Waals surface area contributed by atoms with Crippen LogP contribution in [-0.4, -0.2) is 10.2 Å². The van der Waals surface area contributed by atoms with Crippen LogP contribution >= 0.6 is 0 Å². The van der Waals surface area contributed by atoms with Crippen molar-refractivity contribution in [3.05, 3.63) is 16.4 Å². The Morgan fingerprint density at radius 1 is 1.38 bits per heavy atom. The number of fused-ring (bicyclic) bond motifs is 2. The summed E-state index contributed by atoms with van der Waals surface area (Å²) in [7, 11) is 0. The van der Waals surface area contributed by atoms with Crippen LogP contribution in [-0.2, 0) is 0 Å². The van der Waals surface area contributed by atoms with Gasteiger partial charge in [-0.05, 0) is 31.1 Å². The minimum Gasteiger partial charge on any atom is -0.392 e. The van der Waals surface area contributed by atoms with Crippen LogP contribution in [0.3, 0.4) is 0 Å². The lowest BCUT2D eigenvalue weighted by atomic mass is 9.89. The van der Waals surface area contributed by atoms with Crippen LogP contribution in [0.1, 0.15) is 37.5 Å². The zero-order chi connectivity index (χ0) is 8.84. The molecule has 3 atom stereocenters. The number of nitrogens with zero attached hydrogens (tertiary/aromatic N) is 1. The largest absolute Gasteiger partial charge is 0.434 e. The third kappa shape index (κ3) is 1.04. The van der Waals surface area contributed by atoms with E-state index in [-0.39, 0.29) is 0 Å². The Kier molecular flexibility index (Phi) is 1.39. The number of nitrogens with one attached hydrogen (secondary N) is 1. The van der Waals surface area contributed by atoms with Crippen LogP contribution in [0.25, 0.3) is 0 Å². The van der Waals surface area contributed by atoms with E-state index >= 15 is 0 Å². The molecule has 2 aliphatic rings. The number of aromatic nitrogens is 2. The molecule has 4 heteroatoms. The molecule has 0 spiro atoms. The minimum atomic E-state index is -0.419. The van der Waals surface area contributed by atoms with Crippen molar-refractivity contribution in [3.8, 4) is 0 Å². The summed E-state index contributed by atoms with van der Waals surface area (Å²) in [6.07, 6.45) is 5.11. The van der Waals surface area contributed by atoms with Gasteiger partial charge in [0.2, 0.25) is 5.89 Å². The quantitative estimate of drug-likeness (QED) is 0.707. The van der Waals surface area contributed by atoms with Gasteiger partial charge in [0, 0.05) is 5.92 Å². The second-order valence-corrected chi connectivity index (χ2v) is 4.23. The predicted octanol–water partition coefficient (Wildman–Crippen LogP) is 1.27. The first-order chi connectivity index (χ1) is 6.33. The summed E-state index contributed by atoms with van der Waals surface area (Å²) in [6, 6.07) is 0. The molecule has 4 nitrogen and oxygen atoms in total. The van der Waals surface area contributed by atoms with Crippen LogP contribution in [0.2, 0.25) is 0 Å². The molecule has 0 radical (unpaired) electrons. The monoisotopic (exact) mass is 180 g/mol. The highest BCUT2D eigenvalue weighted by Crippen LogP contribution is 2.52. The molecule has 0 saturated heterocycles. The van der Waals surface area contributed by atoms with Gasteiger partial charge in [-0.1, -0.05) is 6.42 Å². The summed E-state index contributed by atoms with van der Waals surface area (Å²) < 4.78 is 5.00. The highest BCUT2D eigenvalue weighted by Gasteiger charge is 2.42. The smallest absolute Gasteiger partial charge is 0.392 e. The Hall–Kier alpha value is -1.06. The molecule has 0 aliphatic heterocycles. The third-order valence-corrected chi connectivity index (χ3v) is 3.51. The average molecular weight is 180 g/mol. The number of aromatic amines is 1. The Labute approximate surface area is 75.3 Å². The van der Waals surface area contributed by atoms with E-state index in [1.165, 1.54) is 25.7 Å². The summed E-state index contributed by atoms with van der Waals surface area (Å²) in [4.78, 5) is 10.8. The van der Waals surface area contributed by atoms with Crippen molar-refractivity contribution in [2.45, 2.75) is 31.6 Å². The van der Waals surface area contributed by atoms with Gasteiger partial charge in [-0.3, -0.25) is 0 Å². The van der Waals surface area contributed by atoms with E-state index in [4.69, 9.17) is 4.42 Å². The molecule has 1 aromatic rings. The lowest BCUT2D eigenvalue weighted by Gasteiger charge is -2.16. The van der Waals surface area contributed by atoms with Crippen molar-refractivity contribution in [3.63, 3.8) is 0 Å². The van der Waals surface area contributed by atoms with Crippen LogP contribution in [0.15, 0.2) is 9.21 Å². The lowest BCUT2D eigenvalue weighted by molar-refractivity contribution is 0.337. The van der Waals surface area contributed by atoms with Gasteiger partial charge in [0.1, 0.15) is 0 Å². The molecule has 2 bridgehead atoms. The van der Waals surface area contributed by atoms with Crippen molar-refractivity contribution in [1.82, 2.24) is 10.2 Å². The summed E-state index contributed by atoms with van der Waals surface area (Å²) in [5, 5.41) is 6.25. The molecule has 2 fully saturated rings. The van der Waals surface area contributed by atoms with Gasteiger partial charge in [0.25, 0.3) is 0 Å². The molecule has 2 aliphatic carbocycles. The highest BCUT2D eigenvalue weighted by molar-refractivity contribution is 5.03. The summed E-state index contributed by atoms with van der Waals surface area (Å²) in [5.74, 6) is 2.21. The van der Waals surface area contributed by atoms with E-state index in [1.807, 2.05) is 0 Å². The van der Waals surface area contributed by atoms with E-state index in [0.29, 0.717) is 11.8 Å². The number of hydrogen-bond donors (Lipinski definition) is 1. The molecular weight excluding hydrogens is 168 g/mol. The maximum absolute atomic E-state index is 10.8. The van der Waals surface area contributed by atoms with Crippen LogP contribution in [0, 0.1) is 11.8 Å². The molecule has 0 aromatic carbocycles. The number of hydrogen-bond acceptors (Lipinski definition) is 3. The molecule has 1 heterocycles. The third-order valence-electron chi connectivity index (χ3n) is 3.51. The molecule has 1 N–H and O–H groups in total. The van der Waals surface area contributed by atoms with Crippen LogP contribution < -0.4 is 5.76 Å². The van der Waals surface area contributed by atoms with Crippen molar-refractivity contribution in [2.24, 2.45) is 11.8 Å². The SMILES string of the molecule is O=c1[nH]nc(C2CC3CCC2C3)o1. The van der Waals surface area contributed by atoms with Gasteiger partial charge in [-0.15, -0.1) is 5.10 Å². The lowest BCUT2D eigenvalue weighted by Crippen LogP contribution is -2.08. The Bertz CT molecular complexity index is 368. The summed E-state index contributed by atoms with van der Waals surface area (Å²) in [5.41, 5.74) is 0. The molecule has 3 rings (SSSR count). The second kappa shape index (κ2) is 2.47. The molecule has 70 valence electrons. The first kappa shape index (κ1) is 7.35. The summed E-state index contributed by atoms with van der Waals surface area (Å²) >= 11 is 0. The molecule has 2 saturated carbocycles. The van der Waals surface area contributed by atoms with E-state index in [2.05, 4.69) is 10.2 Å². The van der Waals surface area contributed by atoms with Crippen molar-refractivity contribution in [1.29, 1.82) is 0 Å². The zero-order valence-corrected chi connectivity index (χ0v) is 7.32. The minimum absolute atomic E-state index is 0.415. The van der Waals surface area contributed by atoms with Crippen molar-refractivity contribution >= 4 is 0 Å². The van der Waals surface area contributed by atoms with Gasteiger partial charge >= 0.3 is 5.76 Å². The standard InChI is InChI=1S/C9H12N2O2/c12-9-11-10-8(13-9)7-4-5-1-2-6(7)3-5/h5-7H,1-4H2,(H,11,12). The van der Waals surface area contributed by atoms with Crippen LogP contribution in [0.5, 0.6) is 0 Å². The first-order valence-corrected chi connectivity index (χ1v) is 4.88. The topological polar surface area (TPSA) is 58.9 Å². The van der Waals surface area contributed by atoms with Crippen molar-refractivity contribution in [2.75, 3.05) is 0 Å². The van der Waals surface area contributed by atoms with E-state index in [9.17, 15) is 4.79 Å². The van der Waals surface area contributed by atoms with Gasteiger partial charge in [-0.25, -0.2) is 9.89 Å². The van der Waals surface area contributed by atoms with Gasteiger partial charge in [0.15, 0.2) is 0 Å².